The molecule has 4 rings (SSSR count). The molecule has 1 aliphatic heterocycles. The Balaban J connectivity index is 1.80. The summed E-state index contributed by atoms with van der Waals surface area (Å²) in [7, 11) is 0. The number of carbonyl (C=O) groups excluding carboxylic acids is 2. The molecule has 1 N–H and O–H groups in total. The van der Waals surface area contributed by atoms with E-state index in [4.69, 9.17) is 0 Å². The number of nitrogens with one attached hydrogen (secondary N) is 1. The summed E-state index contributed by atoms with van der Waals surface area (Å²) in [4.78, 5) is 29.7. The minimum absolute atomic E-state index is 0.0458. The Labute approximate surface area is 177 Å². The van der Waals surface area contributed by atoms with Crippen molar-refractivity contribution in [3.05, 3.63) is 59.0 Å². The van der Waals surface area contributed by atoms with E-state index in [0.717, 1.165) is 0 Å². The van der Waals surface area contributed by atoms with E-state index in [1.165, 1.54) is 27.8 Å². The Morgan fingerprint density at radius 2 is 2.10 bits per heavy atom. The molecule has 30 heavy (non-hydrogen) atoms. The van der Waals surface area contributed by atoms with Crippen molar-refractivity contribution in [2.45, 2.75) is 6.61 Å². The molecule has 1 saturated heterocycles. The van der Waals surface area contributed by atoms with E-state index in [1.807, 2.05) is 0 Å². The Hall–Kier alpha value is -3.34. The van der Waals surface area contributed by atoms with Gasteiger partial charge in [0.25, 0.3) is 5.91 Å². The van der Waals surface area contributed by atoms with Crippen LogP contribution in [-0.2, 0) is 4.79 Å². The molecule has 154 valence electrons. The Morgan fingerprint density at radius 1 is 1.27 bits per heavy atom. The third kappa shape index (κ3) is 4.15. The number of hydrogen-bond acceptors (Lipinski definition) is 5. The number of rotatable bonds is 5. The van der Waals surface area contributed by atoms with E-state index in [1.54, 1.807) is 30.6 Å². The maximum Gasteiger partial charge on any atom is 0.387 e. The molecule has 3 heterocycles. The summed E-state index contributed by atoms with van der Waals surface area (Å²) in [5.74, 6) is -0.733. The largest absolute Gasteiger partial charge is 0.435 e. The fourth-order valence-electron chi connectivity index (χ4n) is 3.02. The van der Waals surface area contributed by atoms with Gasteiger partial charge in [0, 0.05) is 16.2 Å². The van der Waals surface area contributed by atoms with Crippen molar-refractivity contribution in [1.82, 2.24) is 25.0 Å². The van der Waals surface area contributed by atoms with Gasteiger partial charge < -0.3 is 15.0 Å². The topological polar surface area (TPSA) is 89.4 Å². The predicted molar refractivity (Wildman–Crippen MR) is 105 cm³/mol. The van der Waals surface area contributed by atoms with Gasteiger partial charge in [-0.25, -0.2) is 4.68 Å². The summed E-state index contributed by atoms with van der Waals surface area (Å²) in [5, 5.41) is 6.95. The zero-order chi connectivity index (χ0) is 21.3. The van der Waals surface area contributed by atoms with Crippen molar-refractivity contribution in [3.63, 3.8) is 0 Å². The number of alkyl halides is 2. The number of ether oxygens (including phenoxy) is 1. The van der Waals surface area contributed by atoms with Crippen LogP contribution in [0.25, 0.3) is 16.9 Å². The van der Waals surface area contributed by atoms with Crippen LogP contribution >= 0.6 is 15.9 Å². The number of amides is 2. The zero-order valence-electron chi connectivity index (χ0n) is 15.3. The van der Waals surface area contributed by atoms with Crippen molar-refractivity contribution in [1.29, 1.82) is 0 Å². The summed E-state index contributed by atoms with van der Waals surface area (Å²) in [6.45, 7) is -2.94. The minimum atomic E-state index is -2.98. The molecule has 8 nitrogen and oxygen atoms in total. The number of benzene rings is 1. The van der Waals surface area contributed by atoms with Crippen LogP contribution < -0.4 is 10.1 Å². The molecular formula is C19H14BrF2N5O3. The summed E-state index contributed by atoms with van der Waals surface area (Å²) >= 11 is 3.29. The van der Waals surface area contributed by atoms with Gasteiger partial charge in [-0.05, 0) is 36.4 Å². The SMILES string of the molecule is O=C1CN(C(=O)c2cc(-c3cc(Br)cc(OC(F)F)c3)n(-c3cccnc3)n2)CN1. The number of nitrogens with zero attached hydrogens (tertiary/aromatic N) is 4. The molecule has 11 heteroatoms. The van der Waals surface area contributed by atoms with Gasteiger partial charge >= 0.3 is 6.61 Å². The van der Waals surface area contributed by atoms with Crippen LogP contribution in [0.4, 0.5) is 8.78 Å². The third-order valence-corrected chi connectivity index (χ3v) is 4.76. The molecule has 0 saturated carbocycles. The number of pyridine rings is 1. The maximum absolute atomic E-state index is 12.8. The highest BCUT2D eigenvalue weighted by Crippen LogP contribution is 2.31. The minimum Gasteiger partial charge on any atom is -0.435 e. The molecule has 0 bridgehead atoms. The molecule has 1 aliphatic rings. The lowest BCUT2D eigenvalue weighted by molar-refractivity contribution is -0.118. The molecule has 0 spiro atoms. The molecule has 1 fully saturated rings. The van der Waals surface area contributed by atoms with Crippen molar-refractivity contribution in [2.24, 2.45) is 0 Å². The zero-order valence-corrected chi connectivity index (χ0v) is 16.8. The summed E-state index contributed by atoms with van der Waals surface area (Å²) < 4.78 is 31.9. The summed E-state index contributed by atoms with van der Waals surface area (Å²) in [5.41, 5.74) is 1.62. The highest BCUT2D eigenvalue weighted by molar-refractivity contribution is 9.10. The first-order valence-electron chi connectivity index (χ1n) is 8.73. The van der Waals surface area contributed by atoms with Crippen LogP contribution in [0.5, 0.6) is 5.75 Å². The number of aromatic nitrogens is 3. The van der Waals surface area contributed by atoms with E-state index in [2.05, 4.69) is 36.1 Å². The fraction of sp³-hybridized carbons (Fsp3) is 0.158. The maximum atomic E-state index is 12.8. The van der Waals surface area contributed by atoms with Crippen LogP contribution in [0, 0.1) is 0 Å². The predicted octanol–water partition coefficient (Wildman–Crippen LogP) is 2.83. The lowest BCUT2D eigenvalue weighted by Gasteiger charge is -2.10. The molecule has 0 radical (unpaired) electrons. The van der Waals surface area contributed by atoms with Gasteiger partial charge in [-0.2, -0.15) is 13.9 Å². The van der Waals surface area contributed by atoms with Gasteiger partial charge in [-0.3, -0.25) is 14.6 Å². The van der Waals surface area contributed by atoms with Gasteiger partial charge in [0.1, 0.15) is 12.3 Å². The van der Waals surface area contributed by atoms with Crippen LogP contribution in [0.2, 0.25) is 0 Å². The fourth-order valence-corrected chi connectivity index (χ4v) is 3.50. The van der Waals surface area contributed by atoms with Gasteiger partial charge in [0.05, 0.1) is 24.2 Å². The number of halogens is 3. The molecule has 2 amide bonds. The van der Waals surface area contributed by atoms with Crippen LogP contribution in [-0.4, -0.2) is 51.3 Å². The lowest BCUT2D eigenvalue weighted by atomic mass is 10.1. The average Bonchev–Trinajstić information content (AvgIpc) is 3.34. The van der Waals surface area contributed by atoms with Crippen LogP contribution in [0.3, 0.4) is 0 Å². The highest BCUT2D eigenvalue weighted by atomic mass is 79.9. The molecule has 0 unspecified atom stereocenters. The monoisotopic (exact) mass is 477 g/mol. The normalized spacial score (nSPS) is 13.6. The molecular weight excluding hydrogens is 464 g/mol. The standard InChI is InChI=1S/C19H14BrF2N5O3/c20-12-4-11(5-14(6-12)30-19(21)22)16-7-15(18(29)26-9-17(28)24-10-26)25-27(16)13-2-1-3-23-8-13/h1-8,19H,9-10H2,(H,24,28). The van der Waals surface area contributed by atoms with E-state index >= 15 is 0 Å². The average molecular weight is 478 g/mol. The van der Waals surface area contributed by atoms with Crippen molar-refractivity contribution >= 4 is 27.7 Å². The van der Waals surface area contributed by atoms with E-state index in [9.17, 15) is 18.4 Å². The highest BCUT2D eigenvalue weighted by Gasteiger charge is 2.27. The van der Waals surface area contributed by atoms with E-state index in [0.29, 0.717) is 21.4 Å². The molecule has 1 aromatic carbocycles. The molecule has 0 atom stereocenters. The van der Waals surface area contributed by atoms with Crippen molar-refractivity contribution in [3.8, 4) is 22.7 Å². The molecule has 0 aliphatic carbocycles. The second-order valence-corrected chi connectivity index (χ2v) is 7.27. The molecule has 3 aromatic rings. The first kappa shape index (κ1) is 20.0. The van der Waals surface area contributed by atoms with Gasteiger partial charge in [0.15, 0.2) is 5.69 Å². The van der Waals surface area contributed by atoms with Crippen LogP contribution in [0.15, 0.2) is 53.3 Å². The number of carbonyl (C=O) groups is 2. The second kappa shape index (κ2) is 8.19. The van der Waals surface area contributed by atoms with Gasteiger partial charge in [-0.15, -0.1) is 0 Å². The first-order valence-corrected chi connectivity index (χ1v) is 9.52. The smallest absolute Gasteiger partial charge is 0.387 e. The van der Waals surface area contributed by atoms with E-state index < -0.39 is 12.5 Å². The summed E-state index contributed by atoms with van der Waals surface area (Å²) in [6, 6.07) is 9.51. The molecule has 2 aromatic heterocycles. The lowest BCUT2D eigenvalue weighted by Crippen LogP contribution is -2.30. The van der Waals surface area contributed by atoms with Crippen molar-refractivity contribution in [2.75, 3.05) is 13.2 Å². The van der Waals surface area contributed by atoms with E-state index in [-0.39, 0.29) is 30.6 Å². The summed E-state index contributed by atoms with van der Waals surface area (Å²) in [6.07, 6.45) is 3.15. The Morgan fingerprint density at radius 3 is 2.77 bits per heavy atom. The van der Waals surface area contributed by atoms with Crippen LogP contribution in [0.1, 0.15) is 10.5 Å². The Kier molecular flexibility index (Phi) is 5.44. The quantitative estimate of drug-likeness (QED) is 0.610. The second-order valence-electron chi connectivity index (χ2n) is 6.35. The first-order chi connectivity index (χ1) is 14.4. The van der Waals surface area contributed by atoms with Crippen molar-refractivity contribution < 1.29 is 23.1 Å². The third-order valence-electron chi connectivity index (χ3n) is 4.30. The Bertz CT molecular complexity index is 1110. The number of hydrogen-bond donors (Lipinski definition) is 1. The van der Waals surface area contributed by atoms with Gasteiger partial charge in [-0.1, -0.05) is 15.9 Å². The van der Waals surface area contributed by atoms with Gasteiger partial charge in [0.2, 0.25) is 5.91 Å².